The van der Waals surface area contributed by atoms with Gasteiger partial charge in [-0.15, -0.1) is 13.2 Å². The number of alkyl halides is 6. The summed E-state index contributed by atoms with van der Waals surface area (Å²) in [7, 11) is 0. The van der Waals surface area contributed by atoms with Crippen molar-refractivity contribution in [1.82, 2.24) is 4.98 Å². The smallest absolute Gasteiger partial charge is 0.461 e. The van der Waals surface area contributed by atoms with Crippen LogP contribution in [0, 0.1) is 0 Å². The summed E-state index contributed by atoms with van der Waals surface area (Å²) in [5.41, 5.74) is 1.15. The molecule has 1 aromatic rings. The van der Waals surface area contributed by atoms with Crippen LogP contribution in [-0.2, 0) is 17.5 Å². The first-order chi connectivity index (χ1) is 10.0. The van der Waals surface area contributed by atoms with Crippen LogP contribution in [0.1, 0.15) is 28.5 Å². The number of carbonyl (C=O) groups excluding carboxylic acids is 1. The van der Waals surface area contributed by atoms with Gasteiger partial charge in [0.2, 0.25) is 0 Å². The van der Waals surface area contributed by atoms with Gasteiger partial charge in [0.15, 0.2) is 11.4 Å². The van der Waals surface area contributed by atoms with Crippen molar-refractivity contribution in [1.29, 1.82) is 0 Å². The van der Waals surface area contributed by atoms with E-state index in [1.165, 1.54) is 6.92 Å². The van der Waals surface area contributed by atoms with Gasteiger partial charge in [0, 0.05) is 12.1 Å². The first-order valence-electron chi connectivity index (χ1n) is 5.73. The topological polar surface area (TPSA) is 74.4 Å². The van der Waals surface area contributed by atoms with Gasteiger partial charge in [0.25, 0.3) is 0 Å². The van der Waals surface area contributed by atoms with Crippen LogP contribution >= 0.6 is 0 Å². The molecule has 2 N–H and O–H groups in total. The summed E-state index contributed by atoms with van der Waals surface area (Å²) >= 11 is 0. The van der Waals surface area contributed by atoms with Gasteiger partial charge < -0.3 is 15.2 Å². The molecule has 1 heterocycles. The predicted molar refractivity (Wildman–Crippen MR) is 59.8 cm³/mol. The fraction of sp³-hybridized carbons (Fsp3) is 0.455. The van der Waals surface area contributed by atoms with Gasteiger partial charge in [0.05, 0.1) is 18.4 Å². The van der Waals surface area contributed by atoms with Crippen LogP contribution in [0.3, 0.4) is 0 Å². The summed E-state index contributed by atoms with van der Waals surface area (Å²) in [6, 6.07) is 0. The molecular formula is C11H10F6N2O3. The van der Waals surface area contributed by atoms with Crippen LogP contribution in [0.5, 0.6) is 5.75 Å². The lowest BCUT2D eigenvalue weighted by atomic mass is 10.0. The van der Waals surface area contributed by atoms with Crippen molar-refractivity contribution in [2.75, 3.05) is 6.61 Å². The van der Waals surface area contributed by atoms with Crippen molar-refractivity contribution in [3.05, 3.63) is 23.0 Å². The zero-order chi connectivity index (χ0) is 17.1. The largest absolute Gasteiger partial charge is 0.573 e. The van der Waals surface area contributed by atoms with E-state index >= 15 is 0 Å². The lowest BCUT2D eigenvalue weighted by Crippen LogP contribution is -2.24. The molecule has 124 valence electrons. The number of pyridine rings is 1. The first kappa shape index (κ1) is 18.0. The summed E-state index contributed by atoms with van der Waals surface area (Å²) in [6.07, 6.45) is -10.1. The molecule has 0 aliphatic heterocycles. The van der Waals surface area contributed by atoms with E-state index in [4.69, 9.17) is 5.73 Å². The highest BCUT2D eigenvalue weighted by atomic mass is 19.4. The standard InChI is InChI=1S/C11H10F6N2O3/c1-2-21-9(20)8-7(10(12,13)14)5(3-18)6(4-19-8)22-11(15,16)17/h4H,2-3,18H2,1H3. The molecule has 0 atom stereocenters. The maximum Gasteiger partial charge on any atom is 0.573 e. The second-order valence-corrected chi connectivity index (χ2v) is 3.79. The zero-order valence-electron chi connectivity index (χ0n) is 11.0. The minimum Gasteiger partial charge on any atom is -0.461 e. The Kier molecular flexibility index (Phi) is 5.22. The van der Waals surface area contributed by atoms with Crippen LogP contribution in [0.25, 0.3) is 0 Å². The number of nitrogens with two attached hydrogens (primary N) is 1. The van der Waals surface area contributed by atoms with Crippen LogP contribution in [0.2, 0.25) is 0 Å². The van der Waals surface area contributed by atoms with E-state index in [1.54, 1.807) is 0 Å². The molecule has 1 aromatic heterocycles. The van der Waals surface area contributed by atoms with Gasteiger partial charge in [-0.3, -0.25) is 0 Å². The van der Waals surface area contributed by atoms with E-state index in [9.17, 15) is 31.1 Å². The summed E-state index contributed by atoms with van der Waals surface area (Å²) in [5.74, 6) is -2.65. The van der Waals surface area contributed by atoms with Crippen molar-refractivity contribution in [2.45, 2.75) is 26.0 Å². The van der Waals surface area contributed by atoms with Crippen molar-refractivity contribution in [3.63, 3.8) is 0 Å². The molecule has 0 aliphatic rings. The Hall–Kier alpha value is -2.04. The lowest BCUT2D eigenvalue weighted by Gasteiger charge is -2.19. The van der Waals surface area contributed by atoms with Crippen LogP contribution in [0.15, 0.2) is 6.20 Å². The Labute approximate surface area is 120 Å². The third-order valence-electron chi connectivity index (χ3n) is 2.33. The molecule has 0 aromatic carbocycles. The number of carbonyl (C=O) groups is 1. The highest BCUT2D eigenvalue weighted by Crippen LogP contribution is 2.39. The molecule has 0 amide bonds. The normalized spacial score (nSPS) is 12.2. The van der Waals surface area contributed by atoms with E-state index in [0.29, 0.717) is 6.20 Å². The van der Waals surface area contributed by atoms with Gasteiger partial charge in [0.1, 0.15) is 0 Å². The lowest BCUT2D eigenvalue weighted by molar-refractivity contribution is -0.275. The number of halogens is 6. The Morgan fingerprint density at radius 1 is 1.27 bits per heavy atom. The van der Waals surface area contributed by atoms with E-state index in [2.05, 4.69) is 14.5 Å². The number of nitrogens with zero attached hydrogens (tertiary/aromatic N) is 1. The second kappa shape index (κ2) is 6.38. The maximum absolute atomic E-state index is 13.1. The van der Waals surface area contributed by atoms with E-state index in [-0.39, 0.29) is 6.61 Å². The Balaban J connectivity index is 3.54. The summed E-state index contributed by atoms with van der Waals surface area (Å²) < 4.78 is 83.7. The van der Waals surface area contributed by atoms with E-state index in [1.807, 2.05) is 0 Å². The Morgan fingerprint density at radius 2 is 1.86 bits per heavy atom. The molecule has 0 radical (unpaired) electrons. The fourth-order valence-electron chi connectivity index (χ4n) is 1.61. The van der Waals surface area contributed by atoms with Crippen LogP contribution in [0.4, 0.5) is 26.3 Å². The van der Waals surface area contributed by atoms with Gasteiger partial charge in [-0.2, -0.15) is 13.2 Å². The fourth-order valence-corrected chi connectivity index (χ4v) is 1.61. The van der Waals surface area contributed by atoms with Crippen molar-refractivity contribution >= 4 is 5.97 Å². The van der Waals surface area contributed by atoms with Crippen LogP contribution < -0.4 is 10.5 Å². The summed E-state index contributed by atoms with van der Waals surface area (Å²) in [4.78, 5) is 14.6. The molecule has 0 bridgehead atoms. The van der Waals surface area contributed by atoms with Crippen LogP contribution in [-0.4, -0.2) is 23.9 Å². The average molecular weight is 332 g/mol. The Morgan fingerprint density at radius 3 is 2.27 bits per heavy atom. The third kappa shape index (κ3) is 4.23. The van der Waals surface area contributed by atoms with Gasteiger partial charge in [-0.25, -0.2) is 9.78 Å². The molecule has 0 aliphatic carbocycles. The van der Waals surface area contributed by atoms with Gasteiger partial charge >= 0.3 is 18.5 Å². The first-order valence-corrected chi connectivity index (χ1v) is 5.73. The quantitative estimate of drug-likeness (QED) is 0.678. The number of hydrogen-bond acceptors (Lipinski definition) is 5. The molecule has 0 unspecified atom stereocenters. The van der Waals surface area contributed by atoms with E-state index in [0.717, 1.165) is 0 Å². The van der Waals surface area contributed by atoms with Crippen molar-refractivity contribution in [2.24, 2.45) is 5.73 Å². The number of rotatable bonds is 4. The zero-order valence-corrected chi connectivity index (χ0v) is 11.0. The molecule has 5 nitrogen and oxygen atoms in total. The van der Waals surface area contributed by atoms with Crippen molar-refractivity contribution in [3.8, 4) is 5.75 Å². The molecule has 0 saturated heterocycles. The number of hydrogen-bond donors (Lipinski definition) is 1. The predicted octanol–water partition coefficient (Wildman–Crippen LogP) is 2.63. The monoisotopic (exact) mass is 332 g/mol. The minimum atomic E-state index is -5.24. The minimum absolute atomic E-state index is 0.240. The highest BCUT2D eigenvalue weighted by Gasteiger charge is 2.42. The third-order valence-corrected chi connectivity index (χ3v) is 2.33. The number of aromatic nitrogens is 1. The molecule has 0 saturated carbocycles. The maximum atomic E-state index is 13.1. The van der Waals surface area contributed by atoms with Gasteiger partial charge in [-0.05, 0) is 6.92 Å². The molecular weight excluding hydrogens is 322 g/mol. The molecule has 22 heavy (non-hydrogen) atoms. The highest BCUT2D eigenvalue weighted by molar-refractivity contribution is 5.89. The van der Waals surface area contributed by atoms with Gasteiger partial charge in [-0.1, -0.05) is 0 Å². The molecule has 11 heteroatoms. The molecule has 1 rings (SSSR count). The average Bonchev–Trinajstić information content (AvgIpc) is 2.35. The second-order valence-electron chi connectivity index (χ2n) is 3.79. The number of ether oxygens (including phenoxy) is 2. The Bertz CT molecular complexity index is 556. The van der Waals surface area contributed by atoms with E-state index < -0.39 is 47.6 Å². The summed E-state index contributed by atoms with van der Waals surface area (Å²) in [5, 5.41) is 0. The summed E-state index contributed by atoms with van der Waals surface area (Å²) in [6.45, 7) is 0.155. The molecule has 0 spiro atoms. The van der Waals surface area contributed by atoms with Crippen molar-refractivity contribution < 1.29 is 40.6 Å². The number of esters is 1. The SMILES string of the molecule is CCOC(=O)c1ncc(OC(F)(F)F)c(CN)c1C(F)(F)F. The molecule has 0 fully saturated rings.